The molecule has 0 aromatic heterocycles. The average Bonchev–Trinajstić information content (AvgIpc) is 3.00. The minimum absolute atomic E-state index is 0.458. The first kappa shape index (κ1) is 12.5. The van der Waals surface area contributed by atoms with Gasteiger partial charge in [0.15, 0.2) is 0 Å². The fourth-order valence-electron chi connectivity index (χ4n) is 4.72. The van der Waals surface area contributed by atoms with Crippen LogP contribution in [0, 0.1) is 17.3 Å². The van der Waals surface area contributed by atoms with Gasteiger partial charge < -0.3 is 5.11 Å². The molecule has 3 aliphatic rings. The highest BCUT2D eigenvalue weighted by atomic mass is 16.4. The minimum Gasteiger partial charge on any atom is -0.481 e. The van der Waals surface area contributed by atoms with Gasteiger partial charge in [-0.05, 0) is 56.9 Å². The average molecular weight is 251 g/mol. The third-order valence-corrected chi connectivity index (χ3v) is 5.91. The molecule has 0 aromatic rings. The second kappa shape index (κ2) is 4.52. The molecule has 1 aliphatic heterocycles. The maximum absolute atomic E-state index is 11.6. The van der Waals surface area contributed by atoms with E-state index in [0.717, 1.165) is 44.2 Å². The number of nitrogens with zero attached hydrogens (tertiary/aromatic N) is 1. The minimum atomic E-state index is -0.571. The van der Waals surface area contributed by atoms with Crippen LogP contribution < -0.4 is 0 Å². The van der Waals surface area contributed by atoms with Crippen LogP contribution in [-0.2, 0) is 4.79 Å². The van der Waals surface area contributed by atoms with Crippen molar-refractivity contribution in [2.45, 2.75) is 57.9 Å². The van der Waals surface area contributed by atoms with E-state index < -0.39 is 11.4 Å². The molecule has 2 saturated carbocycles. The zero-order valence-electron chi connectivity index (χ0n) is 11.4. The third kappa shape index (κ3) is 1.87. The lowest BCUT2D eigenvalue weighted by Gasteiger charge is -2.44. The van der Waals surface area contributed by atoms with E-state index in [-0.39, 0.29) is 0 Å². The van der Waals surface area contributed by atoms with Gasteiger partial charge in [0, 0.05) is 12.6 Å². The van der Waals surface area contributed by atoms with E-state index in [1.54, 1.807) is 0 Å². The number of carboxylic acid groups (broad SMARTS) is 1. The van der Waals surface area contributed by atoms with Gasteiger partial charge in [-0.25, -0.2) is 0 Å². The van der Waals surface area contributed by atoms with Crippen molar-refractivity contribution in [1.29, 1.82) is 0 Å². The van der Waals surface area contributed by atoms with Crippen LogP contribution in [0.4, 0.5) is 0 Å². The number of likely N-dealkylation sites (tertiary alicyclic amines) is 1. The molecule has 4 unspecified atom stereocenters. The molecule has 0 aromatic carbocycles. The van der Waals surface area contributed by atoms with Gasteiger partial charge in [0.25, 0.3) is 0 Å². The lowest BCUT2D eigenvalue weighted by Crippen LogP contribution is -2.52. The molecule has 3 fully saturated rings. The van der Waals surface area contributed by atoms with Crippen molar-refractivity contribution in [3.63, 3.8) is 0 Å². The van der Waals surface area contributed by atoms with Crippen LogP contribution in [0.3, 0.4) is 0 Å². The van der Waals surface area contributed by atoms with Crippen molar-refractivity contribution >= 4 is 5.97 Å². The highest BCUT2D eigenvalue weighted by Gasteiger charge is 2.47. The standard InChI is InChI=1S/C15H25NO2/c1-2-15(14(17)18)6-3-7-16(10-15)13-9-11-4-5-12(13)8-11/h11-13H,2-10H2,1H3,(H,17,18). The highest BCUT2D eigenvalue weighted by molar-refractivity contribution is 5.75. The number of hydrogen-bond acceptors (Lipinski definition) is 2. The topological polar surface area (TPSA) is 40.5 Å². The van der Waals surface area contributed by atoms with Crippen LogP contribution in [0.1, 0.15) is 51.9 Å². The molecular weight excluding hydrogens is 226 g/mol. The second-order valence-electron chi connectivity index (χ2n) is 6.76. The molecule has 0 amide bonds. The van der Waals surface area contributed by atoms with Gasteiger partial charge in [0.05, 0.1) is 5.41 Å². The van der Waals surface area contributed by atoms with Gasteiger partial charge in [-0.2, -0.15) is 0 Å². The summed E-state index contributed by atoms with van der Waals surface area (Å²) in [5, 5.41) is 9.55. The SMILES string of the molecule is CCC1(C(=O)O)CCCN(C2CC3CCC2C3)C1. The van der Waals surface area contributed by atoms with Crippen molar-refractivity contribution in [2.75, 3.05) is 13.1 Å². The van der Waals surface area contributed by atoms with Crippen LogP contribution in [-0.4, -0.2) is 35.1 Å². The van der Waals surface area contributed by atoms with Gasteiger partial charge in [0.2, 0.25) is 0 Å². The second-order valence-corrected chi connectivity index (χ2v) is 6.76. The zero-order chi connectivity index (χ0) is 12.8. The summed E-state index contributed by atoms with van der Waals surface area (Å²) in [4.78, 5) is 14.1. The number of carboxylic acids is 1. The van der Waals surface area contributed by atoms with Gasteiger partial charge in [-0.1, -0.05) is 13.3 Å². The lowest BCUT2D eigenvalue weighted by atomic mass is 9.76. The molecule has 2 aliphatic carbocycles. The van der Waals surface area contributed by atoms with Crippen LogP contribution in [0.25, 0.3) is 0 Å². The van der Waals surface area contributed by atoms with E-state index in [1.165, 1.54) is 25.7 Å². The Morgan fingerprint density at radius 1 is 1.39 bits per heavy atom. The molecule has 3 nitrogen and oxygen atoms in total. The Hall–Kier alpha value is -0.570. The Morgan fingerprint density at radius 3 is 2.78 bits per heavy atom. The lowest BCUT2D eigenvalue weighted by molar-refractivity contribution is -0.153. The highest BCUT2D eigenvalue weighted by Crippen LogP contribution is 2.48. The van der Waals surface area contributed by atoms with Crippen molar-refractivity contribution in [3.05, 3.63) is 0 Å². The summed E-state index contributed by atoms with van der Waals surface area (Å²) >= 11 is 0. The molecule has 18 heavy (non-hydrogen) atoms. The Kier molecular flexibility index (Phi) is 3.13. The Balaban J connectivity index is 1.72. The van der Waals surface area contributed by atoms with Gasteiger partial charge >= 0.3 is 5.97 Å². The number of piperidine rings is 1. The van der Waals surface area contributed by atoms with E-state index in [1.807, 2.05) is 6.92 Å². The number of hydrogen-bond donors (Lipinski definition) is 1. The summed E-state index contributed by atoms with van der Waals surface area (Å²) in [6.07, 6.45) is 8.27. The summed E-state index contributed by atoms with van der Waals surface area (Å²) in [7, 11) is 0. The van der Waals surface area contributed by atoms with Crippen LogP contribution in [0.5, 0.6) is 0 Å². The predicted molar refractivity (Wildman–Crippen MR) is 70.4 cm³/mol. The third-order valence-electron chi connectivity index (χ3n) is 5.91. The molecule has 4 atom stereocenters. The maximum Gasteiger partial charge on any atom is 0.310 e. The normalized spacial score (nSPS) is 44.4. The Labute approximate surface area is 110 Å². The number of aliphatic carboxylic acids is 1. The molecular formula is C15H25NO2. The Morgan fingerprint density at radius 2 is 2.22 bits per heavy atom. The molecule has 1 saturated heterocycles. The summed E-state index contributed by atoms with van der Waals surface area (Å²) in [5.74, 6) is 1.25. The smallest absolute Gasteiger partial charge is 0.310 e. The summed E-state index contributed by atoms with van der Waals surface area (Å²) in [6, 6.07) is 0.703. The number of carbonyl (C=O) groups is 1. The molecule has 3 rings (SSSR count). The molecule has 3 heteroatoms. The van der Waals surface area contributed by atoms with E-state index in [0.29, 0.717) is 6.04 Å². The van der Waals surface area contributed by atoms with E-state index in [9.17, 15) is 9.90 Å². The van der Waals surface area contributed by atoms with Crippen molar-refractivity contribution in [3.8, 4) is 0 Å². The fourth-order valence-corrected chi connectivity index (χ4v) is 4.72. The Bertz CT molecular complexity index is 343. The van der Waals surface area contributed by atoms with Crippen molar-refractivity contribution < 1.29 is 9.90 Å². The first-order valence-electron chi connectivity index (χ1n) is 7.62. The van der Waals surface area contributed by atoms with Crippen LogP contribution in [0.15, 0.2) is 0 Å². The zero-order valence-corrected chi connectivity index (χ0v) is 11.4. The first-order valence-corrected chi connectivity index (χ1v) is 7.62. The predicted octanol–water partition coefficient (Wildman–Crippen LogP) is 2.75. The van der Waals surface area contributed by atoms with Crippen molar-refractivity contribution in [1.82, 2.24) is 4.90 Å². The quantitative estimate of drug-likeness (QED) is 0.838. The van der Waals surface area contributed by atoms with Gasteiger partial charge in [-0.3, -0.25) is 9.69 Å². The summed E-state index contributed by atoms with van der Waals surface area (Å²) in [5.41, 5.74) is -0.458. The summed E-state index contributed by atoms with van der Waals surface area (Å²) < 4.78 is 0. The summed E-state index contributed by atoms with van der Waals surface area (Å²) in [6.45, 7) is 3.97. The molecule has 2 bridgehead atoms. The molecule has 0 radical (unpaired) electrons. The fraction of sp³-hybridized carbons (Fsp3) is 0.933. The van der Waals surface area contributed by atoms with Crippen molar-refractivity contribution in [2.24, 2.45) is 17.3 Å². The largest absolute Gasteiger partial charge is 0.481 e. The van der Waals surface area contributed by atoms with E-state index >= 15 is 0 Å². The van der Waals surface area contributed by atoms with Gasteiger partial charge in [-0.15, -0.1) is 0 Å². The van der Waals surface area contributed by atoms with Crippen LogP contribution >= 0.6 is 0 Å². The first-order chi connectivity index (χ1) is 8.64. The number of rotatable bonds is 3. The molecule has 1 N–H and O–H groups in total. The maximum atomic E-state index is 11.6. The van der Waals surface area contributed by atoms with E-state index in [2.05, 4.69) is 4.90 Å². The monoisotopic (exact) mass is 251 g/mol. The van der Waals surface area contributed by atoms with Gasteiger partial charge in [0.1, 0.15) is 0 Å². The number of fused-ring (bicyclic) bond motifs is 2. The molecule has 0 spiro atoms. The molecule has 1 heterocycles. The van der Waals surface area contributed by atoms with E-state index in [4.69, 9.17) is 0 Å². The van der Waals surface area contributed by atoms with Crippen LogP contribution in [0.2, 0.25) is 0 Å². The molecule has 102 valence electrons.